The van der Waals surface area contributed by atoms with Gasteiger partial charge in [0.25, 0.3) is 0 Å². The third-order valence-electron chi connectivity index (χ3n) is 2.78. The van der Waals surface area contributed by atoms with Gasteiger partial charge < -0.3 is 16.2 Å². The number of anilines is 1. The summed E-state index contributed by atoms with van der Waals surface area (Å²) in [5.41, 5.74) is 6.47. The van der Waals surface area contributed by atoms with Gasteiger partial charge in [0.1, 0.15) is 6.04 Å². The lowest BCUT2D eigenvalue weighted by atomic mass is 10.2. The molecule has 0 aliphatic heterocycles. The Morgan fingerprint density at radius 2 is 1.95 bits per heavy atom. The molecule has 1 aromatic carbocycles. The third kappa shape index (κ3) is 3.98. The average Bonchev–Trinajstić information content (AvgIpc) is 2.37. The summed E-state index contributed by atoms with van der Waals surface area (Å²) in [4.78, 5) is 35.0. The molecular formula is C13H17N3O4. The summed E-state index contributed by atoms with van der Waals surface area (Å²) in [7, 11) is 1.51. The minimum absolute atomic E-state index is 0.456. The van der Waals surface area contributed by atoms with E-state index in [1.54, 1.807) is 12.1 Å². The van der Waals surface area contributed by atoms with Crippen LogP contribution in [0, 0.1) is 6.92 Å². The molecule has 0 fully saturated rings. The Morgan fingerprint density at radius 3 is 2.45 bits per heavy atom. The van der Waals surface area contributed by atoms with Gasteiger partial charge in [-0.1, -0.05) is 18.2 Å². The Bertz CT molecular complexity index is 530. The summed E-state index contributed by atoms with van der Waals surface area (Å²) < 4.78 is 0. The molecule has 0 radical (unpaired) electrons. The minimum Gasteiger partial charge on any atom is -0.480 e. The van der Waals surface area contributed by atoms with Crippen LogP contribution in [0.15, 0.2) is 24.3 Å². The van der Waals surface area contributed by atoms with Crippen LogP contribution in [0.25, 0.3) is 0 Å². The number of amides is 3. The fourth-order valence-electron chi connectivity index (χ4n) is 1.70. The number of nitrogens with one attached hydrogen (secondary N) is 1. The van der Waals surface area contributed by atoms with Crippen LogP contribution in [-0.4, -0.2) is 36.1 Å². The van der Waals surface area contributed by atoms with Crippen molar-refractivity contribution in [2.45, 2.75) is 19.4 Å². The van der Waals surface area contributed by atoms with E-state index >= 15 is 0 Å². The summed E-state index contributed by atoms with van der Waals surface area (Å²) in [6.45, 7) is 1.83. The molecule has 7 nitrogen and oxygen atoms in total. The zero-order chi connectivity index (χ0) is 15.3. The summed E-state index contributed by atoms with van der Waals surface area (Å²) in [5, 5.41) is 11.2. The van der Waals surface area contributed by atoms with Crippen LogP contribution in [0.5, 0.6) is 0 Å². The molecule has 0 spiro atoms. The molecule has 0 aliphatic carbocycles. The predicted molar refractivity (Wildman–Crippen MR) is 73.3 cm³/mol. The van der Waals surface area contributed by atoms with Crippen molar-refractivity contribution in [2.75, 3.05) is 11.9 Å². The molecule has 0 bridgehead atoms. The number of hydrogen-bond acceptors (Lipinski definition) is 3. The monoisotopic (exact) mass is 279 g/mol. The van der Waals surface area contributed by atoms with E-state index in [0.29, 0.717) is 5.69 Å². The average molecular weight is 279 g/mol. The van der Waals surface area contributed by atoms with Crippen molar-refractivity contribution in [3.8, 4) is 0 Å². The van der Waals surface area contributed by atoms with E-state index in [1.807, 2.05) is 19.1 Å². The lowest BCUT2D eigenvalue weighted by Crippen LogP contribution is -2.48. The number of primary amides is 1. The minimum atomic E-state index is -1.34. The van der Waals surface area contributed by atoms with Crippen LogP contribution < -0.4 is 16.0 Å². The second kappa shape index (κ2) is 6.55. The topological polar surface area (TPSA) is 113 Å². The van der Waals surface area contributed by atoms with E-state index in [0.717, 1.165) is 5.56 Å². The van der Waals surface area contributed by atoms with E-state index in [4.69, 9.17) is 10.8 Å². The summed E-state index contributed by atoms with van der Waals surface area (Å²) >= 11 is 0. The van der Waals surface area contributed by atoms with Crippen molar-refractivity contribution in [2.24, 2.45) is 5.73 Å². The van der Waals surface area contributed by atoms with Gasteiger partial charge in [-0.25, -0.2) is 9.59 Å². The second-order valence-corrected chi connectivity index (χ2v) is 4.36. The highest BCUT2D eigenvalue weighted by Crippen LogP contribution is 2.17. The van der Waals surface area contributed by atoms with E-state index in [2.05, 4.69) is 5.32 Å². The quantitative estimate of drug-likeness (QED) is 0.727. The number of aliphatic carboxylic acids is 1. The number of carboxylic acid groups (broad SMARTS) is 1. The first-order valence-electron chi connectivity index (χ1n) is 5.94. The SMILES string of the molecule is Cc1ccccc1N(C)C(=O)N[C@H](CC(N)=O)C(=O)O. The third-order valence-corrected chi connectivity index (χ3v) is 2.78. The zero-order valence-electron chi connectivity index (χ0n) is 11.3. The lowest BCUT2D eigenvalue weighted by molar-refractivity contribution is -0.140. The number of nitrogens with zero attached hydrogens (tertiary/aromatic N) is 1. The van der Waals surface area contributed by atoms with Gasteiger partial charge in [0.2, 0.25) is 5.91 Å². The van der Waals surface area contributed by atoms with Gasteiger partial charge in [0.15, 0.2) is 0 Å². The van der Waals surface area contributed by atoms with E-state index in [9.17, 15) is 14.4 Å². The molecule has 1 aromatic rings. The fraction of sp³-hybridized carbons (Fsp3) is 0.308. The number of aryl methyl sites for hydroxylation is 1. The number of rotatable bonds is 5. The van der Waals surface area contributed by atoms with Gasteiger partial charge in [-0.3, -0.25) is 9.69 Å². The molecule has 0 heterocycles. The van der Waals surface area contributed by atoms with Gasteiger partial charge in [-0.2, -0.15) is 0 Å². The molecule has 0 unspecified atom stereocenters. The highest BCUT2D eigenvalue weighted by Gasteiger charge is 2.24. The molecule has 1 atom stereocenters. The summed E-state index contributed by atoms with van der Waals surface area (Å²) in [6.07, 6.45) is -0.456. The molecule has 0 aromatic heterocycles. The van der Waals surface area contributed by atoms with Crippen LogP contribution in [0.4, 0.5) is 10.5 Å². The summed E-state index contributed by atoms with van der Waals surface area (Å²) in [6, 6.07) is 5.21. The molecule has 0 aliphatic rings. The van der Waals surface area contributed by atoms with Crippen molar-refractivity contribution in [1.82, 2.24) is 5.32 Å². The molecule has 20 heavy (non-hydrogen) atoms. The van der Waals surface area contributed by atoms with Crippen LogP contribution >= 0.6 is 0 Å². The number of carbonyl (C=O) groups is 3. The number of carbonyl (C=O) groups excluding carboxylic acids is 2. The maximum absolute atomic E-state index is 12.0. The van der Waals surface area contributed by atoms with Gasteiger partial charge >= 0.3 is 12.0 Å². The molecular weight excluding hydrogens is 262 g/mol. The Hall–Kier alpha value is -2.57. The molecule has 3 amide bonds. The normalized spacial score (nSPS) is 11.5. The number of carboxylic acids is 1. The Morgan fingerprint density at radius 1 is 1.35 bits per heavy atom. The zero-order valence-corrected chi connectivity index (χ0v) is 11.3. The first-order valence-corrected chi connectivity index (χ1v) is 5.94. The first kappa shape index (κ1) is 15.5. The Labute approximate surface area is 116 Å². The molecule has 4 N–H and O–H groups in total. The van der Waals surface area contributed by atoms with Gasteiger partial charge in [-0.15, -0.1) is 0 Å². The van der Waals surface area contributed by atoms with E-state index < -0.39 is 30.4 Å². The van der Waals surface area contributed by atoms with Crippen LogP contribution in [0.2, 0.25) is 0 Å². The number of benzene rings is 1. The maximum Gasteiger partial charge on any atom is 0.326 e. The van der Waals surface area contributed by atoms with Crippen molar-refractivity contribution in [3.05, 3.63) is 29.8 Å². The van der Waals surface area contributed by atoms with Crippen LogP contribution in [0.1, 0.15) is 12.0 Å². The van der Waals surface area contributed by atoms with E-state index in [1.165, 1.54) is 11.9 Å². The molecule has 1 rings (SSSR count). The smallest absolute Gasteiger partial charge is 0.326 e. The van der Waals surface area contributed by atoms with Crippen molar-refractivity contribution in [1.29, 1.82) is 0 Å². The second-order valence-electron chi connectivity index (χ2n) is 4.36. The number of nitrogens with two attached hydrogens (primary N) is 1. The molecule has 108 valence electrons. The van der Waals surface area contributed by atoms with Crippen molar-refractivity contribution in [3.63, 3.8) is 0 Å². The first-order chi connectivity index (χ1) is 9.32. The number of para-hydroxylation sites is 1. The van der Waals surface area contributed by atoms with Gasteiger partial charge in [0, 0.05) is 12.7 Å². The highest BCUT2D eigenvalue weighted by molar-refractivity contribution is 5.95. The van der Waals surface area contributed by atoms with Crippen LogP contribution in [0.3, 0.4) is 0 Å². The lowest BCUT2D eigenvalue weighted by Gasteiger charge is -2.22. The Balaban J connectivity index is 2.81. The highest BCUT2D eigenvalue weighted by atomic mass is 16.4. The molecule has 7 heteroatoms. The van der Waals surface area contributed by atoms with Crippen LogP contribution in [-0.2, 0) is 9.59 Å². The van der Waals surface area contributed by atoms with E-state index in [-0.39, 0.29) is 0 Å². The standard InChI is InChI=1S/C13H17N3O4/c1-8-5-3-4-6-10(8)16(2)13(20)15-9(12(18)19)7-11(14)17/h3-6,9H,7H2,1-2H3,(H2,14,17)(H,15,20)(H,18,19)/t9-/m1/s1. The van der Waals surface area contributed by atoms with Gasteiger partial charge in [-0.05, 0) is 18.6 Å². The number of hydrogen-bond donors (Lipinski definition) is 3. The Kier molecular flexibility index (Phi) is 5.08. The number of urea groups is 1. The largest absolute Gasteiger partial charge is 0.480 e. The molecule has 0 saturated carbocycles. The summed E-state index contributed by atoms with van der Waals surface area (Å²) in [5.74, 6) is -2.11. The fourth-order valence-corrected chi connectivity index (χ4v) is 1.70. The van der Waals surface area contributed by atoms with Crippen molar-refractivity contribution < 1.29 is 19.5 Å². The predicted octanol–water partition coefficient (Wildman–Crippen LogP) is 0.469. The van der Waals surface area contributed by atoms with Crippen molar-refractivity contribution >= 4 is 23.6 Å². The van der Waals surface area contributed by atoms with Gasteiger partial charge in [0.05, 0.1) is 6.42 Å². The maximum atomic E-state index is 12.0. The molecule has 0 saturated heterocycles.